The molecule has 1 unspecified atom stereocenters. The van der Waals surface area contributed by atoms with Crippen molar-refractivity contribution in [2.24, 2.45) is 23.7 Å². The predicted octanol–water partition coefficient (Wildman–Crippen LogP) is 5.83. The SMILES string of the molecule is CC[C@H]1OC(=O)[C@H](C)[C@@H](O[C@H]2CC(C)(OC)[C@@H](O)[C@H](C)O2)[C@H](C)[C@@H](O[C@@H]2O[C@H](C)C[C@H](N(C)C)[C@H]2O)[C@](C)(OC/C=C/c2cnc3ccccc3c2)C[C@@H](C)C(=O)[C@H](C)[C@H]2NC(=O)O[C@@]21C. The Kier molecular flexibility index (Phi) is 16.5. The Morgan fingerprint density at radius 1 is 0.955 bits per heavy atom. The zero-order valence-corrected chi connectivity index (χ0v) is 41.1. The molecular weight excluding hydrogens is 851 g/mol. The molecule has 0 spiro atoms. The Morgan fingerprint density at radius 3 is 2.35 bits per heavy atom. The van der Waals surface area contributed by atoms with Gasteiger partial charge in [-0.1, -0.05) is 58.0 Å². The molecule has 4 aliphatic rings. The number of alkyl carbamates (subject to hydrolysis) is 1. The van der Waals surface area contributed by atoms with Crippen LogP contribution in [-0.2, 0) is 47.5 Å². The van der Waals surface area contributed by atoms with Crippen molar-refractivity contribution in [3.63, 3.8) is 0 Å². The fraction of sp³-hybridized carbons (Fsp3) is 0.720. The van der Waals surface area contributed by atoms with E-state index < -0.39 is 108 Å². The van der Waals surface area contributed by atoms with Gasteiger partial charge in [0.15, 0.2) is 18.2 Å². The maximum Gasteiger partial charge on any atom is 0.408 e. The number of ether oxygens (including phenoxy) is 8. The number of aromatic nitrogens is 1. The third-order valence-electron chi connectivity index (χ3n) is 14.9. The molecule has 0 saturated carbocycles. The summed E-state index contributed by atoms with van der Waals surface area (Å²) >= 11 is 0. The van der Waals surface area contributed by atoms with Gasteiger partial charge in [0.25, 0.3) is 0 Å². The van der Waals surface area contributed by atoms with Gasteiger partial charge in [0, 0.05) is 48.9 Å². The van der Waals surface area contributed by atoms with E-state index in [0.717, 1.165) is 16.5 Å². The molecule has 66 heavy (non-hydrogen) atoms. The first-order valence-corrected chi connectivity index (χ1v) is 23.6. The highest BCUT2D eigenvalue weighted by atomic mass is 16.7. The van der Waals surface area contributed by atoms with Gasteiger partial charge >= 0.3 is 12.1 Å². The lowest BCUT2D eigenvalue weighted by atomic mass is 9.73. The molecule has 4 saturated heterocycles. The Morgan fingerprint density at radius 2 is 1.67 bits per heavy atom. The van der Waals surface area contributed by atoms with Gasteiger partial charge in [-0.05, 0) is 92.6 Å². The molecule has 1 aromatic heterocycles. The van der Waals surface area contributed by atoms with Crippen molar-refractivity contribution in [2.45, 2.75) is 179 Å². The van der Waals surface area contributed by atoms with E-state index in [-0.39, 0.29) is 43.8 Å². The number of para-hydroxylation sites is 1. The fourth-order valence-electron chi connectivity index (χ4n) is 10.9. The summed E-state index contributed by atoms with van der Waals surface area (Å²) in [6.45, 7) is 18.1. The van der Waals surface area contributed by atoms with Crippen molar-refractivity contribution < 1.29 is 62.5 Å². The summed E-state index contributed by atoms with van der Waals surface area (Å²) in [4.78, 5) is 49.2. The maximum absolute atomic E-state index is 14.8. The monoisotopic (exact) mass is 926 g/mol. The molecule has 3 N–H and O–H groups in total. The predicted molar refractivity (Wildman–Crippen MR) is 246 cm³/mol. The first kappa shape index (κ1) is 51.8. The number of hydrogen-bond donors (Lipinski definition) is 3. The number of cyclic esters (lactones) is 1. The summed E-state index contributed by atoms with van der Waals surface area (Å²) < 4.78 is 51.9. The Hall–Kier alpha value is -3.58. The number of amides is 1. The van der Waals surface area contributed by atoms with Gasteiger partial charge in [-0.15, -0.1) is 0 Å². The first-order valence-electron chi connectivity index (χ1n) is 23.6. The molecule has 4 fully saturated rings. The molecule has 4 aliphatic heterocycles. The standard InChI is InChI=1S/C50H75N3O13/c1-14-37-50(10)42(52-47(58)66-50)29(4)39(54)27(2)24-49(9,60-21-17-18-33-23-34-19-15-16-20-35(34)51-26-33)44(65-46-40(55)36(53(11)12)22-28(3)61-46)30(5)41(31(6)45(57)63-37)64-38-25-48(8,59-13)43(56)32(7)62-38/h15-20,23,26-32,36-38,40-44,46,55-56H,14,21-22,24-25H2,1-13H3,(H,52,58)/b18-17+/t27-,28-,29+,30+,31-,32+,36+,37-,38+,40-,41+,42-,43+,44-,46+,48?,49-,50-/m1/s1. The van der Waals surface area contributed by atoms with E-state index in [1.165, 1.54) is 7.11 Å². The molecule has 16 nitrogen and oxygen atoms in total. The number of esters is 1. The summed E-state index contributed by atoms with van der Waals surface area (Å²) in [7, 11) is 5.31. The van der Waals surface area contributed by atoms with Gasteiger partial charge in [-0.3, -0.25) is 14.6 Å². The number of nitrogens with one attached hydrogen (secondary N) is 1. The third-order valence-corrected chi connectivity index (χ3v) is 14.9. The van der Waals surface area contributed by atoms with Crippen LogP contribution in [0.2, 0.25) is 0 Å². The van der Waals surface area contributed by atoms with Gasteiger partial charge in [0.05, 0.1) is 59.7 Å². The highest BCUT2D eigenvalue weighted by Crippen LogP contribution is 2.43. The molecule has 368 valence electrons. The molecule has 2 aromatic rings. The van der Waals surface area contributed by atoms with Crippen LogP contribution < -0.4 is 5.32 Å². The van der Waals surface area contributed by atoms with E-state index >= 15 is 0 Å². The lowest BCUT2D eigenvalue weighted by Gasteiger charge is -2.50. The molecule has 1 amide bonds. The van der Waals surface area contributed by atoms with E-state index in [1.54, 1.807) is 40.8 Å². The van der Waals surface area contributed by atoms with Crippen LogP contribution in [0.4, 0.5) is 4.79 Å². The topological polar surface area (TPSA) is 194 Å². The number of carbonyl (C=O) groups is 3. The second-order valence-corrected chi connectivity index (χ2v) is 20.1. The number of fused-ring (bicyclic) bond motifs is 2. The van der Waals surface area contributed by atoms with Crippen LogP contribution in [0.1, 0.15) is 100 Å². The summed E-state index contributed by atoms with van der Waals surface area (Å²) in [5, 5.41) is 27.0. The Labute approximate surface area is 390 Å². The zero-order chi connectivity index (χ0) is 48.5. The number of carbonyl (C=O) groups excluding carboxylic acids is 3. The Bertz CT molecular complexity index is 2040. The highest BCUT2D eigenvalue weighted by Gasteiger charge is 2.58. The van der Waals surface area contributed by atoms with Crippen LogP contribution in [0, 0.1) is 23.7 Å². The van der Waals surface area contributed by atoms with Crippen LogP contribution >= 0.6 is 0 Å². The molecule has 0 radical (unpaired) electrons. The summed E-state index contributed by atoms with van der Waals surface area (Å²) in [6.07, 6.45) is -2.31. The number of aliphatic hydroxyl groups is 2. The van der Waals surface area contributed by atoms with Crippen molar-refractivity contribution in [3.05, 3.63) is 48.2 Å². The van der Waals surface area contributed by atoms with Crippen molar-refractivity contribution in [3.8, 4) is 0 Å². The second kappa shape index (κ2) is 21.0. The van der Waals surface area contributed by atoms with Gasteiger partial charge in [-0.25, -0.2) is 4.79 Å². The normalized spacial score (nSPS) is 41.9. The second-order valence-electron chi connectivity index (χ2n) is 20.1. The van der Waals surface area contributed by atoms with Gasteiger partial charge < -0.3 is 58.3 Å². The first-order chi connectivity index (χ1) is 31.0. The van der Waals surface area contributed by atoms with Crippen LogP contribution in [0.5, 0.6) is 0 Å². The number of hydrogen-bond acceptors (Lipinski definition) is 15. The number of rotatable bonds is 11. The molecular formula is C50H75N3O13. The number of likely N-dealkylation sites (N-methyl/N-ethyl adjacent to an activating group) is 1. The molecule has 18 atom stereocenters. The molecule has 16 heteroatoms. The minimum absolute atomic E-state index is 0.0659. The average Bonchev–Trinajstić information content (AvgIpc) is 3.60. The Balaban J connectivity index is 1.48. The van der Waals surface area contributed by atoms with Gasteiger partial charge in [0.1, 0.15) is 24.1 Å². The highest BCUT2D eigenvalue weighted by molar-refractivity contribution is 5.85. The van der Waals surface area contributed by atoms with Crippen molar-refractivity contribution >= 4 is 34.8 Å². The lowest BCUT2D eigenvalue weighted by molar-refractivity contribution is -0.320. The molecule has 0 aliphatic carbocycles. The minimum Gasteiger partial charge on any atom is -0.458 e. The maximum atomic E-state index is 14.8. The van der Waals surface area contributed by atoms with E-state index in [1.807, 2.05) is 96.1 Å². The van der Waals surface area contributed by atoms with Crippen LogP contribution in [-0.4, -0.2) is 150 Å². The quantitative estimate of drug-likeness (QED) is 0.228. The summed E-state index contributed by atoms with van der Waals surface area (Å²) in [5.74, 6) is -4.06. The third kappa shape index (κ3) is 10.8. The number of pyridine rings is 1. The summed E-state index contributed by atoms with van der Waals surface area (Å²) in [6, 6.07) is 8.73. The molecule has 1 aromatic carbocycles. The minimum atomic E-state index is -1.40. The smallest absolute Gasteiger partial charge is 0.408 e. The van der Waals surface area contributed by atoms with Crippen molar-refractivity contribution in [2.75, 3.05) is 27.8 Å². The number of nitrogens with zero attached hydrogens (tertiary/aromatic N) is 2. The fourth-order valence-corrected chi connectivity index (χ4v) is 10.9. The number of benzene rings is 1. The van der Waals surface area contributed by atoms with E-state index in [9.17, 15) is 24.6 Å². The number of methoxy groups -OCH3 is 1. The van der Waals surface area contributed by atoms with Crippen molar-refractivity contribution in [1.82, 2.24) is 15.2 Å². The van der Waals surface area contributed by atoms with E-state index in [4.69, 9.17) is 37.9 Å². The number of ketones is 1. The van der Waals surface area contributed by atoms with Crippen LogP contribution in [0.15, 0.2) is 42.6 Å². The summed E-state index contributed by atoms with van der Waals surface area (Å²) in [5.41, 5.74) is -2.08. The van der Waals surface area contributed by atoms with Gasteiger partial charge in [0.2, 0.25) is 0 Å². The molecule has 6 rings (SSSR count). The molecule has 5 heterocycles. The van der Waals surface area contributed by atoms with Crippen LogP contribution in [0.25, 0.3) is 17.0 Å². The van der Waals surface area contributed by atoms with E-state index in [0.29, 0.717) is 6.42 Å². The number of Topliss-reactive ketones (excluding diaryl/α,β-unsaturated/α-hetero) is 1. The number of aliphatic hydroxyl groups excluding tert-OH is 2. The van der Waals surface area contributed by atoms with Crippen LogP contribution in [0.3, 0.4) is 0 Å². The average molecular weight is 926 g/mol. The lowest BCUT2D eigenvalue weighted by Crippen LogP contribution is -2.61. The van der Waals surface area contributed by atoms with E-state index in [2.05, 4.69) is 10.3 Å². The molecule has 0 bridgehead atoms. The largest absolute Gasteiger partial charge is 0.458 e. The van der Waals surface area contributed by atoms with Crippen molar-refractivity contribution in [1.29, 1.82) is 0 Å². The van der Waals surface area contributed by atoms with Gasteiger partial charge in [-0.2, -0.15) is 0 Å². The zero-order valence-electron chi connectivity index (χ0n) is 41.1.